The Bertz CT molecular complexity index is 591. The molecule has 0 aliphatic heterocycles. The summed E-state index contributed by atoms with van der Waals surface area (Å²) in [6, 6.07) is 15.5. The molecular formula is C17H16O. The van der Waals surface area contributed by atoms with Gasteiger partial charge in [0.05, 0.1) is 0 Å². The Balaban J connectivity index is 2.33. The van der Waals surface area contributed by atoms with Crippen LogP contribution >= 0.6 is 0 Å². The summed E-state index contributed by atoms with van der Waals surface area (Å²) in [4.78, 5) is 12.4. The number of hydrogen-bond donors (Lipinski definition) is 0. The highest BCUT2D eigenvalue weighted by molar-refractivity contribution is 6.28. The van der Waals surface area contributed by atoms with E-state index < -0.39 is 0 Å². The van der Waals surface area contributed by atoms with Gasteiger partial charge in [-0.25, -0.2) is 0 Å². The fourth-order valence-corrected chi connectivity index (χ4v) is 1.88. The fraction of sp³-hybridized carbons (Fsp3) is 0.118. The van der Waals surface area contributed by atoms with Gasteiger partial charge >= 0.3 is 0 Å². The quantitative estimate of drug-likeness (QED) is 0.576. The average molecular weight is 236 g/mol. The number of carbonyl (C=O) groups excluding carboxylic acids is 1. The van der Waals surface area contributed by atoms with Crippen LogP contribution in [-0.2, 0) is 0 Å². The molecule has 0 spiro atoms. The first-order chi connectivity index (χ1) is 8.59. The second-order valence-corrected chi connectivity index (χ2v) is 4.49. The first-order valence-corrected chi connectivity index (χ1v) is 5.96. The van der Waals surface area contributed by atoms with Crippen LogP contribution in [0.15, 0.2) is 55.1 Å². The van der Waals surface area contributed by atoms with E-state index in [0.717, 1.165) is 16.7 Å². The normalized spacial score (nSPS) is 10.1. The van der Waals surface area contributed by atoms with E-state index in [0.29, 0.717) is 5.57 Å². The van der Waals surface area contributed by atoms with Gasteiger partial charge in [0.2, 0.25) is 0 Å². The summed E-state index contributed by atoms with van der Waals surface area (Å²) in [5.74, 6) is -0.00282. The topological polar surface area (TPSA) is 17.1 Å². The molecule has 0 N–H and O–H groups in total. The summed E-state index contributed by atoms with van der Waals surface area (Å²) in [6.07, 6.45) is 0. The maximum atomic E-state index is 12.4. The van der Waals surface area contributed by atoms with Crippen molar-refractivity contribution in [1.29, 1.82) is 0 Å². The van der Waals surface area contributed by atoms with Gasteiger partial charge in [0.15, 0.2) is 5.78 Å². The molecule has 0 unspecified atom stereocenters. The summed E-state index contributed by atoms with van der Waals surface area (Å²) in [7, 11) is 0. The Hall–Kier alpha value is -2.15. The van der Waals surface area contributed by atoms with Crippen LogP contribution in [0.4, 0.5) is 0 Å². The van der Waals surface area contributed by atoms with E-state index in [1.54, 1.807) is 0 Å². The predicted molar refractivity (Wildman–Crippen MR) is 75.7 cm³/mol. The molecule has 2 aromatic rings. The third-order valence-corrected chi connectivity index (χ3v) is 3.06. The lowest BCUT2D eigenvalue weighted by molar-refractivity contribution is 0.105. The molecule has 0 aromatic heterocycles. The highest BCUT2D eigenvalue weighted by Gasteiger charge is 2.13. The monoisotopic (exact) mass is 236 g/mol. The van der Waals surface area contributed by atoms with Crippen molar-refractivity contribution in [2.45, 2.75) is 13.8 Å². The number of Topliss-reactive ketones (excluding diaryl/α,β-unsaturated/α-hetero) is 1. The maximum absolute atomic E-state index is 12.4. The fourth-order valence-electron chi connectivity index (χ4n) is 1.88. The number of allylic oxidation sites excluding steroid dienone is 1. The highest BCUT2D eigenvalue weighted by Crippen LogP contribution is 2.20. The molecule has 2 aromatic carbocycles. The van der Waals surface area contributed by atoms with Gasteiger partial charge in [-0.05, 0) is 25.0 Å². The van der Waals surface area contributed by atoms with Crippen molar-refractivity contribution in [3.05, 3.63) is 77.4 Å². The molecule has 1 heteroatoms. The van der Waals surface area contributed by atoms with Gasteiger partial charge in [-0.1, -0.05) is 60.7 Å². The van der Waals surface area contributed by atoms with Crippen molar-refractivity contribution in [1.82, 2.24) is 0 Å². The molecular weight excluding hydrogens is 220 g/mol. The second kappa shape index (κ2) is 5.01. The molecule has 0 bridgehead atoms. The van der Waals surface area contributed by atoms with Crippen LogP contribution in [0.5, 0.6) is 0 Å². The number of rotatable bonds is 3. The molecule has 2 rings (SSSR count). The summed E-state index contributed by atoms with van der Waals surface area (Å²) >= 11 is 0. The molecule has 0 aliphatic rings. The molecule has 0 radical (unpaired) electrons. The van der Waals surface area contributed by atoms with Crippen molar-refractivity contribution in [3.8, 4) is 0 Å². The summed E-state index contributed by atoms with van der Waals surface area (Å²) in [5, 5.41) is 0. The van der Waals surface area contributed by atoms with Crippen molar-refractivity contribution >= 4 is 11.4 Å². The Kier molecular flexibility index (Phi) is 3.42. The minimum atomic E-state index is -0.00282. The molecule has 0 fully saturated rings. The number of aryl methyl sites for hydroxylation is 2. The maximum Gasteiger partial charge on any atom is 0.193 e. The van der Waals surface area contributed by atoms with Crippen LogP contribution < -0.4 is 0 Å². The van der Waals surface area contributed by atoms with Crippen molar-refractivity contribution in [3.63, 3.8) is 0 Å². The van der Waals surface area contributed by atoms with E-state index in [9.17, 15) is 4.79 Å². The highest BCUT2D eigenvalue weighted by atomic mass is 16.1. The number of benzene rings is 2. The van der Waals surface area contributed by atoms with Gasteiger partial charge in [-0.3, -0.25) is 4.79 Å². The van der Waals surface area contributed by atoms with E-state index >= 15 is 0 Å². The first kappa shape index (κ1) is 12.3. The number of ketones is 1. The van der Waals surface area contributed by atoms with Crippen molar-refractivity contribution < 1.29 is 4.79 Å². The Morgan fingerprint density at radius 3 is 2.17 bits per heavy atom. The molecule has 0 saturated carbocycles. The lowest BCUT2D eigenvalue weighted by Gasteiger charge is -2.08. The SMILES string of the molecule is C=C(C(=O)c1ccccc1C)c1ccc(C)cc1. The molecule has 0 atom stereocenters. The zero-order valence-corrected chi connectivity index (χ0v) is 10.7. The van der Waals surface area contributed by atoms with Gasteiger partial charge in [-0.2, -0.15) is 0 Å². The first-order valence-electron chi connectivity index (χ1n) is 5.96. The molecule has 90 valence electrons. The minimum Gasteiger partial charge on any atom is -0.289 e. The largest absolute Gasteiger partial charge is 0.289 e. The van der Waals surface area contributed by atoms with Gasteiger partial charge < -0.3 is 0 Å². The summed E-state index contributed by atoms with van der Waals surface area (Å²) in [5.41, 5.74) is 4.31. The Morgan fingerprint density at radius 1 is 0.944 bits per heavy atom. The number of carbonyl (C=O) groups is 1. The van der Waals surface area contributed by atoms with Crippen LogP contribution in [0.25, 0.3) is 5.57 Å². The van der Waals surface area contributed by atoms with Gasteiger partial charge in [0.1, 0.15) is 0 Å². The molecule has 1 nitrogen and oxygen atoms in total. The van der Waals surface area contributed by atoms with Crippen LogP contribution in [-0.4, -0.2) is 5.78 Å². The minimum absolute atomic E-state index is 0.00282. The standard InChI is InChI=1S/C17H16O/c1-12-8-10-15(11-9-12)14(3)17(18)16-7-5-4-6-13(16)2/h4-11H,3H2,1-2H3. The molecule has 0 heterocycles. The van der Waals surface area contributed by atoms with Crippen LogP contribution in [0.1, 0.15) is 27.0 Å². The van der Waals surface area contributed by atoms with Gasteiger partial charge in [0.25, 0.3) is 0 Å². The molecule has 0 saturated heterocycles. The Morgan fingerprint density at radius 2 is 1.56 bits per heavy atom. The van der Waals surface area contributed by atoms with Gasteiger partial charge in [-0.15, -0.1) is 0 Å². The van der Waals surface area contributed by atoms with Crippen molar-refractivity contribution in [2.24, 2.45) is 0 Å². The van der Waals surface area contributed by atoms with E-state index in [-0.39, 0.29) is 5.78 Å². The molecule has 0 aliphatic carbocycles. The lowest BCUT2D eigenvalue weighted by atomic mass is 9.95. The number of hydrogen-bond acceptors (Lipinski definition) is 1. The van der Waals surface area contributed by atoms with Crippen LogP contribution in [0.2, 0.25) is 0 Å². The average Bonchev–Trinajstić information content (AvgIpc) is 2.38. The smallest absolute Gasteiger partial charge is 0.193 e. The van der Waals surface area contributed by atoms with Crippen LogP contribution in [0, 0.1) is 13.8 Å². The zero-order chi connectivity index (χ0) is 13.1. The van der Waals surface area contributed by atoms with E-state index in [2.05, 4.69) is 6.58 Å². The Labute approximate surface area is 108 Å². The van der Waals surface area contributed by atoms with Crippen molar-refractivity contribution in [2.75, 3.05) is 0 Å². The zero-order valence-electron chi connectivity index (χ0n) is 10.7. The van der Waals surface area contributed by atoms with E-state index in [4.69, 9.17) is 0 Å². The van der Waals surface area contributed by atoms with Crippen LogP contribution in [0.3, 0.4) is 0 Å². The summed E-state index contributed by atoms with van der Waals surface area (Å²) in [6.45, 7) is 7.89. The summed E-state index contributed by atoms with van der Waals surface area (Å²) < 4.78 is 0. The third kappa shape index (κ3) is 2.40. The van der Waals surface area contributed by atoms with E-state index in [1.807, 2.05) is 62.4 Å². The van der Waals surface area contributed by atoms with E-state index in [1.165, 1.54) is 5.56 Å². The second-order valence-electron chi connectivity index (χ2n) is 4.49. The predicted octanol–water partition coefficient (Wildman–Crippen LogP) is 4.20. The molecule has 18 heavy (non-hydrogen) atoms. The lowest BCUT2D eigenvalue weighted by Crippen LogP contribution is -2.03. The molecule has 0 amide bonds. The van der Waals surface area contributed by atoms with Gasteiger partial charge in [0, 0.05) is 11.1 Å². The third-order valence-electron chi connectivity index (χ3n) is 3.06.